The van der Waals surface area contributed by atoms with Crippen LogP contribution in [-0.4, -0.2) is 22.1 Å². The summed E-state index contributed by atoms with van der Waals surface area (Å²) in [5.74, 6) is -0.363. The summed E-state index contributed by atoms with van der Waals surface area (Å²) in [4.78, 5) is 15.8. The molecule has 104 valence electrons. The summed E-state index contributed by atoms with van der Waals surface area (Å²) in [5.41, 5.74) is 6.41. The molecule has 0 atom stereocenters. The van der Waals surface area contributed by atoms with Crippen molar-refractivity contribution in [2.75, 3.05) is 5.73 Å². The third-order valence-electron chi connectivity index (χ3n) is 2.90. The van der Waals surface area contributed by atoms with Gasteiger partial charge in [0.05, 0.1) is 21.3 Å². The van der Waals surface area contributed by atoms with Crippen LogP contribution in [0.15, 0.2) is 16.7 Å². The average Bonchev–Trinajstić information content (AvgIpc) is 3.09. The fourth-order valence-corrected chi connectivity index (χ4v) is 2.08. The van der Waals surface area contributed by atoms with Gasteiger partial charge >= 0.3 is 0 Å². The molecule has 20 heavy (non-hydrogen) atoms. The molecule has 1 aliphatic rings. The van der Waals surface area contributed by atoms with Crippen molar-refractivity contribution >= 4 is 34.8 Å². The first-order valence-electron chi connectivity index (χ1n) is 5.94. The van der Waals surface area contributed by atoms with Crippen molar-refractivity contribution in [1.29, 1.82) is 0 Å². The minimum atomic E-state index is -0.376. The van der Waals surface area contributed by atoms with E-state index >= 15 is 0 Å². The summed E-state index contributed by atoms with van der Waals surface area (Å²) < 4.78 is 5.05. The van der Waals surface area contributed by atoms with Crippen LogP contribution in [0.5, 0.6) is 0 Å². The van der Waals surface area contributed by atoms with Gasteiger partial charge in [0.25, 0.3) is 17.6 Å². The quantitative estimate of drug-likeness (QED) is 0.849. The highest BCUT2D eigenvalue weighted by atomic mass is 35.5. The minimum Gasteiger partial charge on any atom is -0.397 e. The lowest BCUT2D eigenvalue weighted by atomic mass is 10.2. The summed E-state index contributed by atoms with van der Waals surface area (Å²) in [6.45, 7) is 0. The Labute approximate surface area is 124 Å². The number of nitrogen functional groups attached to an aromatic ring is 1. The maximum atomic E-state index is 11.8. The zero-order valence-corrected chi connectivity index (χ0v) is 11.7. The van der Waals surface area contributed by atoms with Crippen LogP contribution in [0.4, 0.5) is 5.69 Å². The van der Waals surface area contributed by atoms with Crippen LogP contribution >= 0.6 is 23.2 Å². The smallest absolute Gasteiger partial charge is 0.292 e. The van der Waals surface area contributed by atoms with Crippen LogP contribution in [-0.2, 0) is 0 Å². The first-order chi connectivity index (χ1) is 9.56. The molecular weight excluding hydrogens is 303 g/mol. The fraction of sp³-hybridized carbons (Fsp3) is 0.250. The van der Waals surface area contributed by atoms with Gasteiger partial charge in [0, 0.05) is 6.04 Å². The highest BCUT2D eigenvalue weighted by molar-refractivity contribution is 6.37. The molecule has 1 heterocycles. The molecule has 0 unspecified atom stereocenters. The monoisotopic (exact) mass is 312 g/mol. The van der Waals surface area contributed by atoms with Crippen LogP contribution in [0.1, 0.15) is 23.5 Å². The second kappa shape index (κ2) is 4.96. The van der Waals surface area contributed by atoms with E-state index in [0.29, 0.717) is 15.6 Å². The number of carbonyl (C=O) groups is 1. The van der Waals surface area contributed by atoms with Crippen LogP contribution in [0, 0.1) is 0 Å². The molecule has 1 amide bonds. The number of carbonyl (C=O) groups excluding carboxylic acids is 1. The molecule has 1 aliphatic carbocycles. The summed E-state index contributed by atoms with van der Waals surface area (Å²) in [6.07, 6.45) is 1.95. The van der Waals surface area contributed by atoms with E-state index < -0.39 is 0 Å². The number of nitrogens with two attached hydrogens (primary N) is 1. The van der Waals surface area contributed by atoms with Crippen LogP contribution in [0.2, 0.25) is 10.0 Å². The zero-order valence-electron chi connectivity index (χ0n) is 10.2. The molecule has 1 aromatic carbocycles. The van der Waals surface area contributed by atoms with Gasteiger partial charge < -0.3 is 15.6 Å². The second-order valence-corrected chi connectivity index (χ2v) is 5.30. The van der Waals surface area contributed by atoms with Crippen molar-refractivity contribution in [3.63, 3.8) is 0 Å². The Morgan fingerprint density at radius 3 is 2.75 bits per heavy atom. The van der Waals surface area contributed by atoms with Crippen LogP contribution in [0.3, 0.4) is 0 Å². The predicted octanol–water partition coefficient (Wildman–Crippen LogP) is 2.52. The van der Waals surface area contributed by atoms with Gasteiger partial charge in [-0.3, -0.25) is 4.79 Å². The fourth-order valence-electron chi connectivity index (χ4n) is 1.68. The summed E-state index contributed by atoms with van der Waals surface area (Å²) in [7, 11) is 0. The molecule has 0 bridgehead atoms. The van der Waals surface area contributed by atoms with Crippen LogP contribution < -0.4 is 11.1 Å². The van der Waals surface area contributed by atoms with Gasteiger partial charge in [-0.15, -0.1) is 0 Å². The van der Waals surface area contributed by atoms with Gasteiger partial charge in [-0.05, 0) is 25.0 Å². The van der Waals surface area contributed by atoms with Crippen molar-refractivity contribution in [2.24, 2.45) is 0 Å². The molecule has 0 spiro atoms. The van der Waals surface area contributed by atoms with E-state index in [2.05, 4.69) is 15.5 Å². The van der Waals surface area contributed by atoms with Gasteiger partial charge in [-0.2, -0.15) is 4.98 Å². The van der Waals surface area contributed by atoms with E-state index in [1.807, 2.05) is 0 Å². The lowest BCUT2D eigenvalue weighted by molar-refractivity contribution is 0.0937. The van der Waals surface area contributed by atoms with E-state index in [1.54, 1.807) is 12.1 Å². The van der Waals surface area contributed by atoms with E-state index in [4.69, 9.17) is 33.5 Å². The molecule has 1 saturated carbocycles. The minimum absolute atomic E-state index is 0.0534. The molecule has 1 fully saturated rings. The second-order valence-electron chi connectivity index (χ2n) is 4.49. The lowest BCUT2D eigenvalue weighted by Crippen LogP contribution is -2.26. The number of hydrogen-bond acceptors (Lipinski definition) is 5. The molecule has 3 N–H and O–H groups in total. The normalized spacial score (nSPS) is 14.3. The van der Waals surface area contributed by atoms with Gasteiger partial charge in [-0.1, -0.05) is 28.4 Å². The summed E-state index contributed by atoms with van der Waals surface area (Å²) in [5, 5.41) is 7.04. The number of rotatable bonds is 3. The lowest BCUT2D eigenvalue weighted by Gasteiger charge is -2.04. The topological polar surface area (TPSA) is 94.0 Å². The highest BCUT2D eigenvalue weighted by Crippen LogP contribution is 2.36. The Balaban J connectivity index is 1.93. The Morgan fingerprint density at radius 2 is 2.05 bits per heavy atom. The van der Waals surface area contributed by atoms with Crippen molar-refractivity contribution in [3.05, 3.63) is 28.0 Å². The third-order valence-corrected chi connectivity index (χ3v) is 3.54. The largest absolute Gasteiger partial charge is 0.397 e. The summed E-state index contributed by atoms with van der Waals surface area (Å²) in [6, 6.07) is 3.35. The maximum absolute atomic E-state index is 11.8. The van der Waals surface area contributed by atoms with E-state index in [9.17, 15) is 4.79 Å². The number of nitrogens with zero attached hydrogens (tertiary/aromatic N) is 2. The standard InChI is InChI=1S/C12H10Cl2N4O2/c13-6-3-4-7(14)9(15)8(6)12-17-10(18-20-12)11(19)16-5-1-2-5/h3-5H,1-2,15H2,(H,16,19). The molecule has 1 aromatic heterocycles. The van der Waals surface area contributed by atoms with E-state index in [1.165, 1.54) is 0 Å². The Kier molecular flexibility index (Phi) is 3.27. The Morgan fingerprint density at radius 1 is 1.35 bits per heavy atom. The first kappa shape index (κ1) is 13.2. The Hall–Kier alpha value is -1.79. The van der Waals surface area contributed by atoms with E-state index in [0.717, 1.165) is 12.8 Å². The number of nitrogens with one attached hydrogen (secondary N) is 1. The highest BCUT2D eigenvalue weighted by Gasteiger charge is 2.27. The van der Waals surface area contributed by atoms with Crippen molar-refractivity contribution in [2.45, 2.75) is 18.9 Å². The molecule has 6 nitrogen and oxygen atoms in total. The van der Waals surface area contributed by atoms with Crippen LogP contribution in [0.25, 0.3) is 11.5 Å². The number of aromatic nitrogens is 2. The molecule has 8 heteroatoms. The summed E-state index contributed by atoms with van der Waals surface area (Å²) >= 11 is 12.0. The number of hydrogen-bond donors (Lipinski definition) is 2. The molecule has 0 saturated heterocycles. The van der Waals surface area contributed by atoms with E-state index in [-0.39, 0.29) is 29.4 Å². The molecule has 3 rings (SSSR count). The van der Waals surface area contributed by atoms with Crippen molar-refractivity contribution in [3.8, 4) is 11.5 Å². The molecular formula is C12H10Cl2N4O2. The van der Waals surface area contributed by atoms with Crippen molar-refractivity contribution < 1.29 is 9.32 Å². The molecule has 0 radical (unpaired) electrons. The van der Waals surface area contributed by atoms with Gasteiger partial charge in [0.1, 0.15) is 0 Å². The maximum Gasteiger partial charge on any atom is 0.292 e. The molecule has 2 aromatic rings. The van der Waals surface area contributed by atoms with Gasteiger partial charge in [0.15, 0.2) is 0 Å². The third kappa shape index (κ3) is 2.44. The SMILES string of the molecule is Nc1c(Cl)ccc(Cl)c1-c1nc(C(=O)NC2CC2)no1. The zero-order chi connectivity index (χ0) is 14.3. The number of halogens is 2. The Bertz CT molecular complexity index is 682. The van der Waals surface area contributed by atoms with Gasteiger partial charge in [-0.25, -0.2) is 0 Å². The number of benzene rings is 1. The number of amides is 1. The number of anilines is 1. The molecule has 0 aliphatic heterocycles. The first-order valence-corrected chi connectivity index (χ1v) is 6.70. The average molecular weight is 313 g/mol. The predicted molar refractivity (Wildman–Crippen MR) is 74.7 cm³/mol. The van der Waals surface area contributed by atoms with Crippen molar-refractivity contribution in [1.82, 2.24) is 15.5 Å². The van der Waals surface area contributed by atoms with Gasteiger partial charge in [0.2, 0.25) is 0 Å².